The van der Waals surface area contributed by atoms with E-state index in [0.717, 1.165) is 17.9 Å². The second-order valence-corrected chi connectivity index (χ2v) is 4.98. The maximum absolute atomic E-state index is 5.78. The molecule has 0 fully saturated rings. The summed E-state index contributed by atoms with van der Waals surface area (Å²) in [5.74, 6) is 0. The summed E-state index contributed by atoms with van der Waals surface area (Å²) in [5.41, 5.74) is 9.11. The molecular weight excluding hydrogens is 216 g/mol. The van der Waals surface area contributed by atoms with Crippen LogP contribution in [0.4, 0.5) is 11.4 Å². The summed E-state index contributed by atoms with van der Waals surface area (Å²) < 4.78 is 0. The Labute approximate surface area is 100 Å². The first-order valence-electron chi connectivity index (χ1n) is 5.26. The zero-order valence-electron chi connectivity index (χ0n) is 9.60. The third-order valence-corrected chi connectivity index (χ3v) is 3.67. The minimum absolute atomic E-state index is 0.812. The van der Waals surface area contributed by atoms with E-state index in [1.807, 2.05) is 18.2 Å². The van der Waals surface area contributed by atoms with Gasteiger partial charge in [0, 0.05) is 23.3 Å². The van der Waals surface area contributed by atoms with Crippen molar-refractivity contribution in [2.75, 3.05) is 17.7 Å². The van der Waals surface area contributed by atoms with Gasteiger partial charge < -0.3 is 10.6 Å². The molecule has 0 radical (unpaired) electrons. The largest absolute Gasteiger partial charge is 0.399 e. The third-order valence-electron chi connectivity index (χ3n) is 2.66. The summed E-state index contributed by atoms with van der Waals surface area (Å²) in [6, 6.07) is 10.1. The van der Waals surface area contributed by atoms with Gasteiger partial charge in [-0.1, -0.05) is 6.07 Å². The van der Waals surface area contributed by atoms with Crippen LogP contribution in [0.5, 0.6) is 0 Å². The highest BCUT2D eigenvalue weighted by Gasteiger charge is 2.05. The standard InChI is InChI=1S/C13H16N2S/c1-10-6-7-16-13(10)9-15(2)12-5-3-4-11(14)8-12/h3-8H,9,14H2,1-2H3. The van der Waals surface area contributed by atoms with Crippen LogP contribution in [-0.2, 0) is 6.54 Å². The zero-order chi connectivity index (χ0) is 11.5. The Morgan fingerprint density at radius 1 is 1.31 bits per heavy atom. The zero-order valence-corrected chi connectivity index (χ0v) is 10.4. The average Bonchev–Trinajstić information content (AvgIpc) is 2.64. The van der Waals surface area contributed by atoms with Gasteiger partial charge in [0.25, 0.3) is 0 Å². The highest BCUT2D eigenvalue weighted by atomic mass is 32.1. The van der Waals surface area contributed by atoms with Gasteiger partial charge in [-0.2, -0.15) is 0 Å². The fraction of sp³-hybridized carbons (Fsp3) is 0.231. The van der Waals surface area contributed by atoms with Crippen molar-refractivity contribution in [3.8, 4) is 0 Å². The lowest BCUT2D eigenvalue weighted by molar-refractivity contribution is 0.934. The highest BCUT2D eigenvalue weighted by molar-refractivity contribution is 7.10. The molecule has 84 valence electrons. The van der Waals surface area contributed by atoms with Gasteiger partial charge >= 0.3 is 0 Å². The first kappa shape index (κ1) is 11.0. The van der Waals surface area contributed by atoms with Gasteiger partial charge in [0.2, 0.25) is 0 Å². The molecule has 0 saturated carbocycles. The monoisotopic (exact) mass is 232 g/mol. The lowest BCUT2D eigenvalue weighted by Gasteiger charge is -2.19. The smallest absolute Gasteiger partial charge is 0.0522 e. The maximum atomic E-state index is 5.78. The Bertz CT molecular complexity index is 476. The number of nitrogens with zero attached hydrogens (tertiary/aromatic N) is 1. The lowest BCUT2D eigenvalue weighted by atomic mass is 10.2. The van der Waals surface area contributed by atoms with Crippen LogP contribution in [0, 0.1) is 6.92 Å². The normalized spacial score (nSPS) is 10.4. The molecule has 0 aliphatic heterocycles. The molecule has 1 heterocycles. The number of thiophene rings is 1. The van der Waals surface area contributed by atoms with E-state index in [-0.39, 0.29) is 0 Å². The number of hydrogen-bond donors (Lipinski definition) is 1. The number of benzene rings is 1. The summed E-state index contributed by atoms with van der Waals surface area (Å²) in [6.45, 7) is 3.09. The number of rotatable bonds is 3. The molecule has 1 aromatic heterocycles. The lowest BCUT2D eigenvalue weighted by Crippen LogP contribution is -2.16. The topological polar surface area (TPSA) is 29.3 Å². The van der Waals surface area contributed by atoms with Gasteiger partial charge in [0.1, 0.15) is 0 Å². The van der Waals surface area contributed by atoms with E-state index < -0.39 is 0 Å². The maximum Gasteiger partial charge on any atom is 0.0522 e. The van der Waals surface area contributed by atoms with Crippen molar-refractivity contribution < 1.29 is 0 Å². The van der Waals surface area contributed by atoms with Crippen LogP contribution < -0.4 is 10.6 Å². The van der Waals surface area contributed by atoms with Crippen molar-refractivity contribution >= 4 is 22.7 Å². The van der Waals surface area contributed by atoms with Gasteiger partial charge in [-0.25, -0.2) is 0 Å². The molecule has 0 saturated heterocycles. The number of anilines is 2. The van der Waals surface area contributed by atoms with Crippen LogP contribution in [0.3, 0.4) is 0 Å². The Balaban J connectivity index is 2.14. The fourth-order valence-electron chi connectivity index (χ4n) is 1.64. The molecule has 0 aliphatic carbocycles. The van der Waals surface area contributed by atoms with Crippen LogP contribution in [0.2, 0.25) is 0 Å². The molecule has 2 N–H and O–H groups in total. The second-order valence-electron chi connectivity index (χ2n) is 3.98. The summed E-state index contributed by atoms with van der Waals surface area (Å²) >= 11 is 1.80. The van der Waals surface area contributed by atoms with Gasteiger partial charge in [-0.05, 0) is 42.1 Å². The van der Waals surface area contributed by atoms with Crippen LogP contribution in [0.15, 0.2) is 35.7 Å². The number of aryl methyl sites for hydroxylation is 1. The molecule has 0 spiro atoms. The van der Waals surface area contributed by atoms with Crippen molar-refractivity contribution in [3.63, 3.8) is 0 Å². The average molecular weight is 232 g/mol. The highest BCUT2D eigenvalue weighted by Crippen LogP contribution is 2.22. The molecule has 2 rings (SSSR count). The number of nitrogens with two attached hydrogens (primary N) is 1. The first-order valence-corrected chi connectivity index (χ1v) is 6.14. The van der Waals surface area contributed by atoms with E-state index in [4.69, 9.17) is 5.73 Å². The predicted molar refractivity (Wildman–Crippen MR) is 72.0 cm³/mol. The van der Waals surface area contributed by atoms with Crippen molar-refractivity contribution in [1.82, 2.24) is 0 Å². The third kappa shape index (κ3) is 2.36. The molecular formula is C13H16N2S. The first-order chi connectivity index (χ1) is 7.66. The van der Waals surface area contributed by atoms with Crippen molar-refractivity contribution in [2.24, 2.45) is 0 Å². The Morgan fingerprint density at radius 3 is 2.75 bits per heavy atom. The molecule has 2 nitrogen and oxygen atoms in total. The van der Waals surface area contributed by atoms with Gasteiger partial charge in [-0.15, -0.1) is 11.3 Å². The molecule has 0 amide bonds. The van der Waals surface area contributed by atoms with Gasteiger partial charge in [-0.3, -0.25) is 0 Å². The van der Waals surface area contributed by atoms with Gasteiger partial charge in [0.05, 0.1) is 6.54 Å². The van der Waals surface area contributed by atoms with Crippen molar-refractivity contribution in [1.29, 1.82) is 0 Å². The van der Waals surface area contributed by atoms with Crippen molar-refractivity contribution in [3.05, 3.63) is 46.2 Å². The van der Waals surface area contributed by atoms with Crippen LogP contribution in [0.1, 0.15) is 10.4 Å². The van der Waals surface area contributed by atoms with Crippen LogP contribution >= 0.6 is 11.3 Å². The molecule has 3 heteroatoms. The Hall–Kier alpha value is -1.48. The SMILES string of the molecule is Cc1ccsc1CN(C)c1cccc(N)c1. The fourth-order valence-corrected chi connectivity index (χ4v) is 2.59. The minimum atomic E-state index is 0.812. The van der Waals surface area contributed by atoms with E-state index in [0.29, 0.717) is 0 Å². The molecule has 0 unspecified atom stereocenters. The number of hydrogen-bond acceptors (Lipinski definition) is 3. The molecule has 0 bridgehead atoms. The van der Waals surface area contributed by atoms with Crippen LogP contribution in [-0.4, -0.2) is 7.05 Å². The Morgan fingerprint density at radius 2 is 2.12 bits per heavy atom. The molecule has 1 aromatic carbocycles. The van der Waals surface area contributed by atoms with E-state index in [1.54, 1.807) is 11.3 Å². The molecule has 2 aromatic rings. The Kier molecular flexibility index (Phi) is 3.15. The summed E-state index contributed by atoms with van der Waals surface area (Å²) in [4.78, 5) is 3.62. The summed E-state index contributed by atoms with van der Waals surface area (Å²) in [7, 11) is 2.09. The second kappa shape index (κ2) is 4.58. The minimum Gasteiger partial charge on any atom is -0.399 e. The van der Waals surface area contributed by atoms with E-state index in [2.05, 4.69) is 36.4 Å². The van der Waals surface area contributed by atoms with E-state index in [1.165, 1.54) is 10.4 Å². The quantitative estimate of drug-likeness (QED) is 0.823. The number of nitrogen functional groups attached to an aromatic ring is 1. The van der Waals surface area contributed by atoms with E-state index in [9.17, 15) is 0 Å². The molecule has 0 aliphatic rings. The van der Waals surface area contributed by atoms with E-state index >= 15 is 0 Å². The van der Waals surface area contributed by atoms with Crippen LogP contribution in [0.25, 0.3) is 0 Å². The summed E-state index contributed by atoms with van der Waals surface area (Å²) in [6.07, 6.45) is 0. The predicted octanol–water partition coefficient (Wildman–Crippen LogP) is 3.28. The molecule has 0 atom stereocenters. The van der Waals surface area contributed by atoms with Gasteiger partial charge in [0.15, 0.2) is 0 Å². The summed E-state index contributed by atoms with van der Waals surface area (Å²) in [5, 5.41) is 2.14. The van der Waals surface area contributed by atoms with Crippen molar-refractivity contribution in [2.45, 2.75) is 13.5 Å². The molecule has 16 heavy (non-hydrogen) atoms.